The maximum Gasteiger partial charge on any atom is 0.320 e. The molecule has 0 fully saturated rings. The van der Waals surface area contributed by atoms with Crippen molar-refractivity contribution in [1.82, 2.24) is 10.3 Å². The van der Waals surface area contributed by atoms with Gasteiger partial charge >= 0.3 is 9.15 Å². The van der Waals surface area contributed by atoms with Gasteiger partial charge in [0.05, 0.1) is 5.75 Å². The number of aromatic nitrogens is 1. The molecule has 0 unspecified atom stereocenters. The highest BCUT2D eigenvalue weighted by Crippen LogP contribution is 2.19. The fourth-order valence-electron chi connectivity index (χ4n) is 2.13. The molecule has 0 aliphatic carbocycles. The summed E-state index contributed by atoms with van der Waals surface area (Å²) in [5.74, 6) is -0.748. The molecule has 0 bridgehead atoms. The molecule has 0 saturated heterocycles. The minimum absolute atomic E-state index is 0.140. The van der Waals surface area contributed by atoms with Gasteiger partial charge in [-0.1, -0.05) is 18.2 Å². The highest BCUT2D eigenvalue weighted by Gasteiger charge is 2.14. The summed E-state index contributed by atoms with van der Waals surface area (Å²) < 4.78 is 29.7. The summed E-state index contributed by atoms with van der Waals surface area (Å²) in [5, 5.41) is 3.81. The molecule has 2 aromatic rings. The molecule has 2 rings (SSSR count). The molecule has 0 aliphatic heterocycles. The van der Waals surface area contributed by atoms with Gasteiger partial charge in [-0.15, -0.1) is 0 Å². The Morgan fingerprint density at radius 3 is 2.86 bits per heavy atom. The summed E-state index contributed by atoms with van der Waals surface area (Å²) in [4.78, 5) is 14.7. The second kappa shape index (κ2) is 6.50. The monoisotopic (exact) mass is 328 g/mol. The fourth-order valence-corrected chi connectivity index (χ4v) is 3.23. The molecule has 1 amide bonds. The zero-order valence-corrected chi connectivity index (χ0v) is 13.0. The summed E-state index contributed by atoms with van der Waals surface area (Å²) in [6.07, 6.45) is 2.53. The van der Waals surface area contributed by atoms with Crippen LogP contribution in [0.3, 0.4) is 0 Å². The predicted octanol–water partition coefficient (Wildman–Crippen LogP) is 1.75. The maximum atomic E-state index is 11.6. The quantitative estimate of drug-likeness (QED) is 0.554. The normalized spacial score (nSPS) is 13.2. The standard InChI is InChI=1S/C13H16N2O4S2/c1-9(15-13(16)8-20-21(17,18)19)6-10-7-14-12-5-3-2-4-11(10)12/h2-5,7,9,14H,6,8H2,1H3,(H,15,16)(H,17,18,19)/t9-/m0/s1. The first-order valence-electron chi connectivity index (χ1n) is 6.31. The lowest BCUT2D eigenvalue weighted by atomic mass is 10.1. The second-order valence-electron chi connectivity index (χ2n) is 4.72. The van der Waals surface area contributed by atoms with Crippen molar-refractivity contribution < 1.29 is 17.8 Å². The molecule has 114 valence electrons. The first-order chi connectivity index (χ1) is 9.85. The Balaban J connectivity index is 1.92. The van der Waals surface area contributed by atoms with Crippen LogP contribution in [0, 0.1) is 0 Å². The Hall–Kier alpha value is -1.51. The fraction of sp³-hybridized carbons (Fsp3) is 0.308. The zero-order valence-electron chi connectivity index (χ0n) is 11.4. The van der Waals surface area contributed by atoms with Crippen LogP contribution >= 0.6 is 10.8 Å². The number of carbonyl (C=O) groups is 1. The molecule has 0 radical (unpaired) electrons. The number of hydrogen-bond acceptors (Lipinski definition) is 4. The van der Waals surface area contributed by atoms with Crippen LogP contribution < -0.4 is 5.32 Å². The first-order valence-corrected chi connectivity index (χ1v) is 9.25. The number of carbonyl (C=O) groups excluding carboxylic acids is 1. The summed E-state index contributed by atoms with van der Waals surface area (Å²) in [6.45, 7) is 1.85. The van der Waals surface area contributed by atoms with E-state index in [9.17, 15) is 13.2 Å². The minimum atomic E-state index is -4.18. The van der Waals surface area contributed by atoms with Crippen LogP contribution in [0.5, 0.6) is 0 Å². The average molecular weight is 328 g/mol. The van der Waals surface area contributed by atoms with E-state index in [0.29, 0.717) is 6.42 Å². The van der Waals surface area contributed by atoms with E-state index in [1.54, 1.807) is 0 Å². The van der Waals surface area contributed by atoms with Gasteiger partial charge in [0.25, 0.3) is 0 Å². The van der Waals surface area contributed by atoms with Crippen molar-refractivity contribution in [3.63, 3.8) is 0 Å². The smallest absolute Gasteiger partial charge is 0.320 e. The Bertz CT molecular complexity index is 739. The molecule has 1 heterocycles. The number of para-hydroxylation sites is 1. The summed E-state index contributed by atoms with van der Waals surface area (Å²) >= 11 is 0. The third-order valence-electron chi connectivity index (χ3n) is 2.95. The number of rotatable bonds is 6. The van der Waals surface area contributed by atoms with Gasteiger partial charge in [0.1, 0.15) is 0 Å². The Morgan fingerprint density at radius 1 is 1.43 bits per heavy atom. The first kappa shape index (κ1) is 15.9. The lowest BCUT2D eigenvalue weighted by molar-refractivity contribution is -0.119. The largest absolute Gasteiger partial charge is 0.361 e. The number of benzene rings is 1. The average Bonchev–Trinajstić information content (AvgIpc) is 2.79. The third-order valence-corrected chi connectivity index (χ3v) is 4.87. The highest BCUT2D eigenvalue weighted by atomic mass is 33.1. The molecule has 1 aromatic carbocycles. The molecule has 21 heavy (non-hydrogen) atoms. The molecule has 0 aliphatic rings. The topological polar surface area (TPSA) is 99.3 Å². The van der Waals surface area contributed by atoms with Gasteiger partial charge in [0.15, 0.2) is 0 Å². The van der Waals surface area contributed by atoms with Crippen LogP contribution in [0.1, 0.15) is 12.5 Å². The van der Waals surface area contributed by atoms with Crippen LogP contribution in [0.4, 0.5) is 0 Å². The van der Waals surface area contributed by atoms with Gasteiger partial charge in [-0.2, -0.15) is 8.42 Å². The minimum Gasteiger partial charge on any atom is -0.361 e. The number of hydrogen-bond donors (Lipinski definition) is 3. The molecule has 6 nitrogen and oxygen atoms in total. The van der Waals surface area contributed by atoms with Crippen LogP contribution in [0.2, 0.25) is 0 Å². The number of amides is 1. The van der Waals surface area contributed by atoms with Crippen molar-refractivity contribution in [3.05, 3.63) is 36.0 Å². The zero-order chi connectivity index (χ0) is 15.5. The van der Waals surface area contributed by atoms with E-state index in [-0.39, 0.29) is 22.6 Å². The van der Waals surface area contributed by atoms with Gasteiger partial charge in [-0.25, -0.2) is 0 Å². The summed E-state index contributed by atoms with van der Waals surface area (Å²) in [7, 11) is -3.98. The summed E-state index contributed by atoms with van der Waals surface area (Å²) in [6, 6.07) is 7.74. The second-order valence-corrected chi connectivity index (χ2v) is 8.07. The van der Waals surface area contributed by atoms with E-state index >= 15 is 0 Å². The molecular formula is C13H16N2O4S2. The molecule has 1 atom stereocenters. The lowest BCUT2D eigenvalue weighted by Crippen LogP contribution is -2.35. The van der Waals surface area contributed by atoms with E-state index in [1.807, 2.05) is 37.4 Å². The molecule has 3 N–H and O–H groups in total. The van der Waals surface area contributed by atoms with Gasteiger partial charge < -0.3 is 10.3 Å². The van der Waals surface area contributed by atoms with Crippen molar-refractivity contribution in [1.29, 1.82) is 0 Å². The van der Waals surface area contributed by atoms with E-state index in [1.165, 1.54) is 0 Å². The number of H-pyrrole nitrogens is 1. The van der Waals surface area contributed by atoms with Crippen LogP contribution in [0.15, 0.2) is 30.5 Å². The number of aromatic amines is 1. The van der Waals surface area contributed by atoms with E-state index in [4.69, 9.17) is 4.55 Å². The van der Waals surface area contributed by atoms with Crippen molar-refractivity contribution in [3.8, 4) is 0 Å². The SMILES string of the molecule is C[C@@H](Cc1c[nH]c2ccccc12)NC(=O)CSS(=O)(=O)O. The third kappa shape index (κ3) is 4.76. The molecule has 1 aromatic heterocycles. The Labute approximate surface area is 126 Å². The van der Waals surface area contributed by atoms with Gasteiger partial charge in [0.2, 0.25) is 5.91 Å². The Kier molecular flexibility index (Phi) is 4.92. The van der Waals surface area contributed by atoms with Gasteiger partial charge in [-0.05, 0) is 25.0 Å². The van der Waals surface area contributed by atoms with Gasteiger partial charge in [-0.3, -0.25) is 9.35 Å². The van der Waals surface area contributed by atoms with E-state index in [0.717, 1.165) is 16.5 Å². The number of nitrogens with one attached hydrogen (secondary N) is 2. The highest BCUT2D eigenvalue weighted by molar-refractivity contribution is 8.70. The van der Waals surface area contributed by atoms with Crippen molar-refractivity contribution in [2.24, 2.45) is 0 Å². The molecular weight excluding hydrogens is 312 g/mol. The van der Waals surface area contributed by atoms with Crippen molar-refractivity contribution >= 4 is 36.8 Å². The van der Waals surface area contributed by atoms with Crippen molar-refractivity contribution in [2.75, 3.05) is 5.75 Å². The predicted molar refractivity (Wildman–Crippen MR) is 83.6 cm³/mol. The van der Waals surface area contributed by atoms with Crippen LogP contribution in [0.25, 0.3) is 10.9 Å². The Morgan fingerprint density at radius 2 is 2.14 bits per heavy atom. The van der Waals surface area contributed by atoms with Crippen LogP contribution in [-0.2, 0) is 20.4 Å². The van der Waals surface area contributed by atoms with Gasteiger partial charge in [0, 0.05) is 33.9 Å². The molecule has 8 heteroatoms. The van der Waals surface area contributed by atoms with Crippen LogP contribution in [-0.4, -0.2) is 35.7 Å². The summed E-state index contributed by atoms with van der Waals surface area (Å²) in [5.41, 5.74) is 2.12. The van der Waals surface area contributed by atoms with E-state index in [2.05, 4.69) is 10.3 Å². The van der Waals surface area contributed by atoms with E-state index < -0.39 is 15.1 Å². The lowest BCUT2D eigenvalue weighted by Gasteiger charge is -2.13. The molecule has 0 saturated carbocycles. The number of fused-ring (bicyclic) bond motifs is 1. The molecule has 0 spiro atoms. The van der Waals surface area contributed by atoms with Crippen molar-refractivity contribution in [2.45, 2.75) is 19.4 Å². The maximum absolute atomic E-state index is 11.6.